The van der Waals surface area contributed by atoms with Crippen LogP contribution in [0.3, 0.4) is 0 Å². The third-order valence-corrected chi connectivity index (χ3v) is 3.88. The molecule has 3 aromatic carbocycles. The molecule has 0 N–H and O–H groups in total. The van der Waals surface area contributed by atoms with Crippen molar-refractivity contribution in [1.82, 2.24) is 0 Å². The van der Waals surface area contributed by atoms with Crippen LogP contribution in [0, 0.1) is 0 Å². The number of carbonyl (C=O) groups is 1. The lowest BCUT2D eigenvalue weighted by molar-refractivity contribution is -0.134. The molecule has 0 heterocycles. The van der Waals surface area contributed by atoms with Gasteiger partial charge in [-0.2, -0.15) is 0 Å². The van der Waals surface area contributed by atoms with Crippen molar-refractivity contribution in [3.05, 3.63) is 78.4 Å². The predicted molar refractivity (Wildman–Crippen MR) is 109 cm³/mol. The van der Waals surface area contributed by atoms with Gasteiger partial charge in [-0.05, 0) is 60.2 Å². The molecule has 3 aromatic rings. The summed E-state index contributed by atoms with van der Waals surface area (Å²) < 4.78 is 16.3. The smallest absolute Gasteiger partial charge is 0.311 e. The second-order valence-electron chi connectivity index (χ2n) is 5.91. The highest BCUT2D eigenvalue weighted by Gasteiger charge is 2.09. The summed E-state index contributed by atoms with van der Waals surface area (Å²) >= 11 is 0. The van der Waals surface area contributed by atoms with E-state index in [1.54, 1.807) is 25.3 Å². The molecule has 0 aliphatic heterocycles. The van der Waals surface area contributed by atoms with Crippen LogP contribution in [0.5, 0.6) is 23.0 Å². The molecule has 0 saturated heterocycles. The first-order valence-corrected chi connectivity index (χ1v) is 8.93. The molecular weight excluding hydrogens is 354 g/mol. The van der Waals surface area contributed by atoms with Crippen LogP contribution in [0.1, 0.15) is 18.9 Å². The van der Waals surface area contributed by atoms with Crippen LogP contribution in [0.2, 0.25) is 0 Å². The summed E-state index contributed by atoms with van der Waals surface area (Å²) in [6.45, 7) is 1.74. The fourth-order valence-electron chi connectivity index (χ4n) is 2.42. The van der Waals surface area contributed by atoms with E-state index in [2.05, 4.69) is 4.99 Å². The zero-order valence-electron chi connectivity index (χ0n) is 15.8. The SMILES string of the molecule is CCC(=O)Oc1ccc(C=Nc2ccc(Oc3ccccc3)cc2)cc1OC. The summed E-state index contributed by atoms with van der Waals surface area (Å²) in [4.78, 5) is 15.9. The number of hydrogen-bond donors (Lipinski definition) is 0. The molecule has 28 heavy (non-hydrogen) atoms. The minimum absolute atomic E-state index is 0.302. The highest BCUT2D eigenvalue weighted by atomic mass is 16.6. The highest BCUT2D eigenvalue weighted by molar-refractivity contribution is 5.83. The number of hydrogen-bond acceptors (Lipinski definition) is 5. The molecule has 0 bridgehead atoms. The zero-order valence-corrected chi connectivity index (χ0v) is 15.8. The Balaban J connectivity index is 1.68. The molecule has 0 atom stereocenters. The van der Waals surface area contributed by atoms with Gasteiger partial charge in [0.15, 0.2) is 11.5 Å². The maximum Gasteiger partial charge on any atom is 0.311 e. The van der Waals surface area contributed by atoms with Gasteiger partial charge in [0.05, 0.1) is 12.8 Å². The minimum atomic E-state index is -0.308. The van der Waals surface area contributed by atoms with Crippen molar-refractivity contribution < 1.29 is 19.0 Å². The second-order valence-corrected chi connectivity index (χ2v) is 5.91. The third-order valence-electron chi connectivity index (χ3n) is 3.88. The summed E-state index contributed by atoms with van der Waals surface area (Å²) in [7, 11) is 1.53. The van der Waals surface area contributed by atoms with E-state index in [-0.39, 0.29) is 5.97 Å². The fourth-order valence-corrected chi connectivity index (χ4v) is 2.42. The van der Waals surface area contributed by atoms with Gasteiger partial charge in [-0.15, -0.1) is 0 Å². The number of carbonyl (C=O) groups excluding carboxylic acids is 1. The lowest BCUT2D eigenvalue weighted by Gasteiger charge is -2.09. The van der Waals surface area contributed by atoms with Gasteiger partial charge in [0, 0.05) is 12.6 Å². The molecule has 0 aromatic heterocycles. The van der Waals surface area contributed by atoms with Crippen molar-refractivity contribution in [1.29, 1.82) is 0 Å². The van der Waals surface area contributed by atoms with E-state index >= 15 is 0 Å². The van der Waals surface area contributed by atoms with Crippen molar-refractivity contribution in [2.24, 2.45) is 4.99 Å². The van der Waals surface area contributed by atoms with Crippen LogP contribution in [-0.2, 0) is 4.79 Å². The van der Waals surface area contributed by atoms with E-state index in [9.17, 15) is 4.79 Å². The van der Waals surface area contributed by atoms with Gasteiger partial charge in [0.1, 0.15) is 11.5 Å². The standard InChI is InChI=1S/C23H21NO4/c1-3-23(25)28-21-14-9-17(15-22(21)26-2)16-24-18-10-12-20(13-11-18)27-19-7-5-4-6-8-19/h4-16H,3H2,1-2H3. The number of aliphatic imine (C=N–C) groups is 1. The first kappa shape index (κ1) is 19.2. The first-order chi connectivity index (χ1) is 13.7. The molecule has 5 heteroatoms. The molecule has 0 aliphatic carbocycles. The van der Waals surface area contributed by atoms with Crippen molar-refractivity contribution in [3.63, 3.8) is 0 Å². The minimum Gasteiger partial charge on any atom is -0.493 e. The van der Waals surface area contributed by atoms with Crippen LogP contribution in [0.25, 0.3) is 0 Å². The monoisotopic (exact) mass is 375 g/mol. The Bertz CT molecular complexity index is 950. The van der Waals surface area contributed by atoms with E-state index in [0.717, 1.165) is 22.7 Å². The Kier molecular flexibility index (Phi) is 6.41. The maximum atomic E-state index is 11.5. The van der Waals surface area contributed by atoms with Gasteiger partial charge in [0.2, 0.25) is 0 Å². The number of esters is 1. The van der Waals surface area contributed by atoms with Crippen LogP contribution in [0.15, 0.2) is 77.8 Å². The number of methoxy groups -OCH3 is 1. The molecule has 3 rings (SSSR count). The number of benzene rings is 3. The molecule has 0 unspecified atom stereocenters. The normalized spacial score (nSPS) is 10.6. The molecule has 0 saturated carbocycles. The van der Waals surface area contributed by atoms with Gasteiger partial charge < -0.3 is 14.2 Å². The Morgan fingerprint density at radius 3 is 2.32 bits per heavy atom. The fraction of sp³-hybridized carbons (Fsp3) is 0.130. The lowest BCUT2D eigenvalue weighted by atomic mass is 10.2. The van der Waals surface area contributed by atoms with E-state index in [1.165, 1.54) is 7.11 Å². The van der Waals surface area contributed by atoms with Gasteiger partial charge in [0.25, 0.3) is 0 Å². The van der Waals surface area contributed by atoms with Gasteiger partial charge in [-0.25, -0.2) is 0 Å². The number of para-hydroxylation sites is 1. The summed E-state index contributed by atoms with van der Waals surface area (Å²) in [6.07, 6.45) is 2.03. The maximum absolute atomic E-state index is 11.5. The molecule has 142 valence electrons. The molecule has 0 radical (unpaired) electrons. The largest absolute Gasteiger partial charge is 0.493 e. The first-order valence-electron chi connectivity index (χ1n) is 8.93. The van der Waals surface area contributed by atoms with Crippen molar-refractivity contribution in [2.75, 3.05) is 7.11 Å². The predicted octanol–water partition coefficient (Wildman–Crippen LogP) is 5.55. The summed E-state index contributed by atoms with van der Waals surface area (Å²) in [6, 6.07) is 22.4. The summed E-state index contributed by atoms with van der Waals surface area (Å²) in [5.74, 6) is 2.10. The van der Waals surface area contributed by atoms with Gasteiger partial charge >= 0.3 is 5.97 Å². The average Bonchev–Trinajstić information content (AvgIpc) is 2.74. The number of ether oxygens (including phenoxy) is 3. The van der Waals surface area contributed by atoms with Crippen molar-refractivity contribution >= 4 is 17.9 Å². The lowest BCUT2D eigenvalue weighted by Crippen LogP contribution is -2.06. The molecule has 0 fully saturated rings. The molecule has 0 aliphatic rings. The molecular formula is C23H21NO4. The zero-order chi connectivity index (χ0) is 19.8. The van der Waals surface area contributed by atoms with Crippen LogP contribution >= 0.6 is 0 Å². The molecule has 0 spiro atoms. The summed E-state index contributed by atoms with van der Waals surface area (Å²) in [5.41, 5.74) is 1.62. The Hall–Kier alpha value is -3.60. The van der Waals surface area contributed by atoms with Crippen LogP contribution < -0.4 is 14.2 Å². The Morgan fingerprint density at radius 2 is 1.64 bits per heavy atom. The topological polar surface area (TPSA) is 57.1 Å². The Labute approximate surface area is 164 Å². The van der Waals surface area contributed by atoms with Crippen LogP contribution in [-0.4, -0.2) is 19.3 Å². The number of rotatable bonds is 7. The van der Waals surface area contributed by atoms with Crippen LogP contribution in [0.4, 0.5) is 5.69 Å². The van der Waals surface area contributed by atoms with Gasteiger partial charge in [-0.3, -0.25) is 9.79 Å². The quantitative estimate of drug-likeness (QED) is 0.308. The van der Waals surface area contributed by atoms with E-state index in [4.69, 9.17) is 14.2 Å². The van der Waals surface area contributed by atoms with Crippen molar-refractivity contribution in [2.45, 2.75) is 13.3 Å². The van der Waals surface area contributed by atoms with E-state index in [1.807, 2.05) is 60.7 Å². The van der Waals surface area contributed by atoms with E-state index in [0.29, 0.717) is 17.9 Å². The summed E-state index contributed by atoms with van der Waals surface area (Å²) in [5, 5.41) is 0. The molecule has 5 nitrogen and oxygen atoms in total. The third kappa shape index (κ3) is 5.20. The second kappa shape index (κ2) is 9.37. The van der Waals surface area contributed by atoms with Gasteiger partial charge in [-0.1, -0.05) is 25.1 Å². The van der Waals surface area contributed by atoms with Crippen molar-refractivity contribution in [3.8, 4) is 23.0 Å². The number of nitrogens with zero attached hydrogens (tertiary/aromatic N) is 1. The Morgan fingerprint density at radius 1 is 0.929 bits per heavy atom. The molecule has 0 amide bonds. The average molecular weight is 375 g/mol. The van der Waals surface area contributed by atoms with E-state index < -0.39 is 0 Å². The highest BCUT2D eigenvalue weighted by Crippen LogP contribution is 2.28.